The highest BCUT2D eigenvalue weighted by atomic mass is 32.2. The fourth-order valence-corrected chi connectivity index (χ4v) is 5.55. The molecule has 192 valence electrons. The number of nitrogens with one attached hydrogen (secondary N) is 1. The van der Waals surface area contributed by atoms with E-state index in [-0.39, 0.29) is 33.0 Å². The predicted molar refractivity (Wildman–Crippen MR) is 149 cm³/mol. The lowest BCUT2D eigenvalue weighted by molar-refractivity contribution is 0.483. The van der Waals surface area contributed by atoms with Gasteiger partial charge in [-0.05, 0) is 35.7 Å². The zero-order valence-corrected chi connectivity index (χ0v) is 20.9. The number of hydrogen-bond donors (Lipinski definition) is 4. The molecule has 1 aliphatic carbocycles. The topological polar surface area (TPSA) is 160 Å². The third kappa shape index (κ3) is 3.90. The molecule has 6 rings (SSSR count). The molecule has 1 aliphatic heterocycles. The standard InChI is InChI=1S/C29H19N3O6S/c30-19-14-16(10-13-22(19)39(36,37)38)31-21-12-11-20-24-23(17-8-4-5-9-18(17)28(34)25(21)24)26(29(35)32-20)27(33)15-6-2-1-3-7-15/h1-14,31,33H,30H2,(H,36,37,38)/b27-26+. The first-order chi connectivity index (χ1) is 18.6. The molecular formula is C29H19N3O6S. The van der Waals surface area contributed by atoms with Crippen LogP contribution in [0.3, 0.4) is 0 Å². The van der Waals surface area contributed by atoms with Crippen LogP contribution in [0.2, 0.25) is 0 Å². The summed E-state index contributed by atoms with van der Waals surface area (Å²) in [5.41, 5.74) is 6.13. The molecule has 4 aromatic carbocycles. The maximum atomic E-state index is 13.8. The second-order valence-electron chi connectivity index (χ2n) is 8.99. The molecule has 0 atom stereocenters. The number of benzene rings is 4. The molecule has 0 fully saturated rings. The summed E-state index contributed by atoms with van der Waals surface area (Å²) in [7, 11) is -4.51. The Morgan fingerprint density at radius 1 is 0.846 bits per heavy atom. The molecule has 9 nitrogen and oxygen atoms in total. The number of nitrogens with zero attached hydrogens (tertiary/aromatic N) is 1. The van der Waals surface area contributed by atoms with Gasteiger partial charge in [0.1, 0.15) is 10.7 Å². The van der Waals surface area contributed by atoms with E-state index in [9.17, 15) is 27.7 Å². The van der Waals surface area contributed by atoms with Gasteiger partial charge in [-0.15, -0.1) is 0 Å². The van der Waals surface area contributed by atoms with E-state index in [1.807, 2.05) is 0 Å². The van der Waals surface area contributed by atoms with E-state index in [0.29, 0.717) is 38.1 Å². The van der Waals surface area contributed by atoms with E-state index in [4.69, 9.17) is 5.73 Å². The Kier molecular flexibility index (Phi) is 5.45. The molecule has 0 bridgehead atoms. The van der Waals surface area contributed by atoms with Crippen molar-refractivity contribution in [2.45, 2.75) is 4.90 Å². The molecule has 0 saturated carbocycles. The average Bonchev–Trinajstić information content (AvgIpc) is 2.91. The Morgan fingerprint density at radius 2 is 1.54 bits per heavy atom. The third-order valence-corrected chi connectivity index (χ3v) is 7.57. The molecule has 0 unspecified atom stereocenters. The van der Waals surface area contributed by atoms with E-state index in [0.717, 1.165) is 6.07 Å². The lowest BCUT2D eigenvalue weighted by Gasteiger charge is -2.13. The monoisotopic (exact) mass is 537 g/mol. The lowest BCUT2D eigenvalue weighted by Crippen LogP contribution is -2.33. The minimum atomic E-state index is -4.51. The molecule has 4 aromatic rings. The fourth-order valence-electron chi connectivity index (χ4n) is 4.95. The largest absolute Gasteiger partial charge is 0.506 e. The number of aromatic nitrogens is 1. The van der Waals surface area contributed by atoms with Crippen LogP contribution in [-0.2, 0) is 10.1 Å². The van der Waals surface area contributed by atoms with Gasteiger partial charge in [-0.25, -0.2) is 4.98 Å². The third-order valence-electron chi connectivity index (χ3n) is 6.64. The number of aliphatic hydroxyl groups excluding tert-OH is 1. The molecule has 0 amide bonds. The summed E-state index contributed by atoms with van der Waals surface area (Å²) in [5.74, 6) is -0.257. The molecule has 0 radical (unpaired) electrons. The Hall–Kier alpha value is -5.06. The summed E-state index contributed by atoms with van der Waals surface area (Å²) in [6.07, 6.45) is 0. The minimum Gasteiger partial charge on any atom is -0.506 e. The molecule has 39 heavy (non-hydrogen) atoms. The van der Waals surface area contributed by atoms with Gasteiger partial charge in [0.15, 0.2) is 5.43 Å². The number of hydrogen-bond acceptors (Lipinski definition) is 8. The van der Waals surface area contributed by atoms with Crippen molar-refractivity contribution < 1.29 is 18.1 Å². The Labute approximate surface area is 220 Å². The van der Waals surface area contributed by atoms with Crippen LogP contribution in [0.25, 0.3) is 27.4 Å². The maximum Gasteiger partial charge on any atom is 0.296 e. The Balaban J connectivity index is 1.76. The van der Waals surface area contributed by atoms with E-state index in [1.165, 1.54) is 12.1 Å². The molecule has 2 aliphatic rings. The van der Waals surface area contributed by atoms with Crippen LogP contribution in [0.1, 0.15) is 5.56 Å². The molecule has 0 aromatic heterocycles. The summed E-state index contributed by atoms with van der Waals surface area (Å²) >= 11 is 0. The first-order valence-electron chi connectivity index (χ1n) is 11.7. The number of anilines is 3. The highest BCUT2D eigenvalue weighted by molar-refractivity contribution is 7.86. The second kappa shape index (κ2) is 8.76. The number of rotatable bonds is 4. The van der Waals surface area contributed by atoms with Gasteiger partial charge in [-0.2, -0.15) is 8.42 Å². The van der Waals surface area contributed by atoms with Crippen LogP contribution >= 0.6 is 0 Å². The van der Waals surface area contributed by atoms with Gasteiger partial charge in [0, 0.05) is 27.1 Å². The molecular weight excluding hydrogens is 518 g/mol. The van der Waals surface area contributed by atoms with Crippen LogP contribution in [0.4, 0.5) is 17.1 Å². The lowest BCUT2D eigenvalue weighted by atomic mass is 9.96. The van der Waals surface area contributed by atoms with Gasteiger partial charge in [-0.1, -0.05) is 54.6 Å². The van der Waals surface area contributed by atoms with E-state index in [2.05, 4.69) is 10.3 Å². The minimum absolute atomic E-state index is 0.0196. The summed E-state index contributed by atoms with van der Waals surface area (Å²) < 4.78 is 32.5. The summed E-state index contributed by atoms with van der Waals surface area (Å²) in [4.78, 5) is 30.9. The Bertz CT molecular complexity index is 2290. The number of fused-ring (bicyclic) bond motifs is 2. The zero-order valence-electron chi connectivity index (χ0n) is 20.0. The Morgan fingerprint density at radius 3 is 2.23 bits per heavy atom. The first kappa shape index (κ1) is 24.3. The van der Waals surface area contributed by atoms with Crippen molar-refractivity contribution in [1.82, 2.24) is 4.98 Å². The SMILES string of the molecule is Nc1cc(Nc2ccc3nc(=O)/c(=C(/O)c4ccccc4)c4c5ccccc5c(=O)c2c3=4)ccc1S(=O)(=O)O. The van der Waals surface area contributed by atoms with Gasteiger partial charge in [-0.3, -0.25) is 14.1 Å². The normalized spacial score (nSPS) is 12.7. The fraction of sp³-hybridized carbons (Fsp3) is 0. The molecule has 0 spiro atoms. The van der Waals surface area contributed by atoms with E-state index < -0.39 is 20.6 Å². The van der Waals surface area contributed by atoms with E-state index >= 15 is 0 Å². The molecule has 0 saturated heterocycles. The van der Waals surface area contributed by atoms with Crippen molar-refractivity contribution in [3.63, 3.8) is 0 Å². The second-order valence-corrected chi connectivity index (χ2v) is 10.4. The average molecular weight is 538 g/mol. The van der Waals surface area contributed by atoms with Crippen molar-refractivity contribution in [1.29, 1.82) is 0 Å². The van der Waals surface area contributed by atoms with Crippen molar-refractivity contribution in [2.24, 2.45) is 0 Å². The number of nitrogen functional groups attached to an aromatic ring is 1. The number of aliphatic hydroxyl groups is 1. The van der Waals surface area contributed by atoms with Gasteiger partial charge >= 0.3 is 0 Å². The van der Waals surface area contributed by atoms with Crippen molar-refractivity contribution in [2.75, 3.05) is 11.1 Å². The van der Waals surface area contributed by atoms with E-state index in [1.54, 1.807) is 66.7 Å². The van der Waals surface area contributed by atoms with Crippen molar-refractivity contribution >= 4 is 54.6 Å². The quantitative estimate of drug-likeness (QED) is 0.195. The molecule has 10 heteroatoms. The van der Waals surface area contributed by atoms with Crippen LogP contribution in [0.15, 0.2) is 99.4 Å². The van der Waals surface area contributed by atoms with Gasteiger partial charge in [0.2, 0.25) is 0 Å². The summed E-state index contributed by atoms with van der Waals surface area (Å²) in [5, 5.41) is 16.2. The number of nitrogens with two attached hydrogens (primary N) is 1. The van der Waals surface area contributed by atoms with Gasteiger partial charge < -0.3 is 16.2 Å². The van der Waals surface area contributed by atoms with Crippen LogP contribution < -0.4 is 27.3 Å². The van der Waals surface area contributed by atoms with Crippen LogP contribution in [-0.4, -0.2) is 23.1 Å². The van der Waals surface area contributed by atoms with Gasteiger partial charge in [0.05, 0.1) is 27.5 Å². The van der Waals surface area contributed by atoms with Gasteiger partial charge in [0.25, 0.3) is 15.7 Å². The summed E-state index contributed by atoms with van der Waals surface area (Å²) in [6.45, 7) is 0. The zero-order chi connectivity index (χ0) is 27.5. The highest BCUT2D eigenvalue weighted by Gasteiger charge is 2.19. The summed E-state index contributed by atoms with van der Waals surface area (Å²) in [6, 6.07) is 22.5. The predicted octanol–water partition coefficient (Wildman–Crippen LogP) is 3.28. The smallest absolute Gasteiger partial charge is 0.296 e. The molecule has 1 heterocycles. The molecule has 5 N–H and O–H groups in total. The van der Waals surface area contributed by atoms with Crippen LogP contribution in [0.5, 0.6) is 0 Å². The van der Waals surface area contributed by atoms with Crippen molar-refractivity contribution in [3.05, 3.63) is 127 Å². The van der Waals surface area contributed by atoms with Crippen molar-refractivity contribution in [3.8, 4) is 0 Å². The van der Waals surface area contributed by atoms with Crippen LogP contribution in [0, 0.1) is 10.4 Å². The first-order valence-corrected chi connectivity index (χ1v) is 13.2. The maximum absolute atomic E-state index is 13.8. The highest BCUT2D eigenvalue weighted by Crippen LogP contribution is 2.29.